The Hall–Kier alpha value is -2.38. The van der Waals surface area contributed by atoms with E-state index in [1.54, 1.807) is 13.1 Å². The number of rotatable bonds is 5. The van der Waals surface area contributed by atoms with Crippen LogP contribution in [0.3, 0.4) is 0 Å². The SMILES string of the molecule is Cc1cc(OCc2ccc(/C=N/n3c(C)n[nH]c3=S)o2)ccc1Cl. The van der Waals surface area contributed by atoms with Crippen molar-refractivity contribution < 1.29 is 9.15 Å². The zero-order valence-corrected chi connectivity index (χ0v) is 14.7. The Morgan fingerprint density at radius 3 is 2.92 bits per heavy atom. The van der Waals surface area contributed by atoms with Crippen LogP contribution in [0, 0.1) is 18.6 Å². The maximum atomic E-state index is 6.00. The lowest BCUT2D eigenvalue weighted by atomic mass is 10.2. The molecule has 6 nitrogen and oxygen atoms in total. The van der Waals surface area contributed by atoms with Gasteiger partial charge in [-0.25, -0.2) is 0 Å². The van der Waals surface area contributed by atoms with Crippen molar-refractivity contribution in [2.45, 2.75) is 20.5 Å². The van der Waals surface area contributed by atoms with E-state index < -0.39 is 0 Å². The molecule has 3 aromatic rings. The van der Waals surface area contributed by atoms with Gasteiger partial charge in [-0.3, -0.25) is 5.10 Å². The van der Waals surface area contributed by atoms with E-state index in [0.717, 1.165) is 11.3 Å². The highest BCUT2D eigenvalue weighted by Crippen LogP contribution is 2.22. The topological polar surface area (TPSA) is 68.3 Å². The van der Waals surface area contributed by atoms with Crippen LogP contribution in [0.4, 0.5) is 0 Å². The van der Waals surface area contributed by atoms with Gasteiger partial charge in [0, 0.05) is 5.02 Å². The third-order valence-electron chi connectivity index (χ3n) is 3.31. The molecule has 8 heteroatoms. The van der Waals surface area contributed by atoms with Gasteiger partial charge in [-0.1, -0.05) is 11.6 Å². The van der Waals surface area contributed by atoms with Crippen molar-refractivity contribution >= 4 is 30.0 Å². The summed E-state index contributed by atoms with van der Waals surface area (Å²) in [7, 11) is 0. The van der Waals surface area contributed by atoms with Gasteiger partial charge in [0.2, 0.25) is 4.77 Å². The minimum absolute atomic E-state index is 0.319. The number of nitrogens with one attached hydrogen (secondary N) is 1. The maximum absolute atomic E-state index is 6.00. The van der Waals surface area contributed by atoms with E-state index >= 15 is 0 Å². The smallest absolute Gasteiger partial charge is 0.216 e. The highest BCUT2D eigenvalue weighted by Gasteiger charge is 2.04. The number of nitrogens with zero attached hydrogens (tertiary/aromatic N) is 3. The molecule has 0 amide bonds. The Bertz CT molecular complexity index is 942. The number of benzene rings is 1. The Morgan fingerprint density at radius 2 is 2.21 bits per heavy atom. The molecule has 3 rings (SSSR count). The van der Waals surface area contributed by atoms with E-state index in [9.17, 15) is 0 Å². The van der Waals surface area contributed by atoms with Gasteiger partial charge in [0.25, 0.3) is 0 Å². The summed E-state index contributed by atoms with van der Waals surface area (Å²) >= 11 is 11.1. The van der Waals surface area contributed by atoms with Gasteiger partial charge in [0.15, 0.2) is 0 Å². The molecule has 124 valence electrons. The minimum Gasteiger partial charge on any atom is -0.486 e. The van der Waals surface area contributed by atoms with Crippen LogP contribution in [0.15, 0.2) is 39.9 Å². The number of aryl methyl sites for hydroxylation is 2. The summed E-state index contributed by atoms with van der Waals surface area (Å²) in [6.07, 6.45) is 1.58. The van der Waals surface area contributed by atoms with Gasteiger partial charge < -0.3 is 9.15 Å². The Balaban J connectivity index is 1.65. The molecule has 0 saturated carbocycles. The molecule has 0 radical (unpaired) electrons. The summed E-state index contributed by atoms with van der Waals surface area (Å²) in [5.41, 5.74) is 0.966. The summed E-state index contributed by atoms with van der Waals surface area (Å²) in [6.45, 7) is 4.05. The average molecular weight is 363 g/mol. The van der Waals surface area contributed by atoms with E-state index in [-0.39, 0.29) is 0 Å². The molecular formula is C16H15ClN4O2S. The van der Waals surface area contributed by atoms with E-state index in [2.05, 4.69) is 15.3 Å². The van der Waals surface area contributed by atoms with E-state index in [0.29, 0.717) is 33.7 Å². The first-order chi connectivity index (χ1) is 11.5. The average Bonchev–Trinajstić information content (AvgIpc) is 3.14. The normalized spacial score (nSPS) is 11.3. The fourth-order valence-corrected chi connectivity index (χ4v) is 2.37. The molecule has 0 aliphatic heterocycles. The quantitative estimate of drug-likeness (QED) is 0.543. The molecule has 0 atom stereocenters. The second kappa shape index (κ2) is 7.02. The van der Waals surface area contributed by atoms with Crippen molar-refractivity contribution in [1.29, 1.82) is 0 Å². The van der Waals surface area contributed by atoms with Crippen LogP contribution in [-0.4, -0.2) is 21.1 Å². The van der Waals surface area contributed by atoms with Crippen LogP contribution in [0.2, 0.25) is 5.02 Å². The van der Waals surface area contributed by atoms with Gasteiger partial charge in [0.1, 0.15) is 29.7 Å². The van der Waals surface area contributed by atoms with Crippen molar-refractivity contribution in [3.63, 3.8) is 0 Å². The van der Waals surface area contributed by atoms with E-state index in [1.807, 2.05) is 37.3 Å². The molecule has 0 bridgehead atoms. The lowest BCUT2D eigenvalue weighted by molar-refractivity contribution is 0.269. The van der Waals surface area contributed by atoms with E-state index in [4.69, 9.17) is 33.0 Å². The fourth-order valence-electron chi connectivity index (χ4n) is 2.02. The molecule has 0 aliphatic carbocycles. The fraction of sp³-hybridized carbons (Fsp3) is 0.188. The summed E-state index contributed by atoms with van der Waals surface area (Å²) in [6, 6.07) is 9.17. The summed E-state index contributed by atoms with van der Waals surface area (Å²) in [5, 5.41) is 11.6. The highest BCUT2D eigenvalue weighted by molar-refractivity contribution is 7.71. The van der Waals surface area contributed by atoms with Crippen LogP contribution in [-0.2, 0) is 6.61 Å². The zero-order valence-electron chi connectivity index (χ0n) is 13.1. The standard InChI is InChI=1S/C16H15ClN4O2S/c1-10-7-12(5-6-15(10)17)22-9-14-4-3-13(23-14)8-18-21-11(2)19-20-16(21)24/h3-8H,9H2,1-2H3,(H,20,24)/b18-8+. The van der Waals surface area contributed by atoms with Crippen molar-refractivity contribution in [3.05, 3.63) is 63.0 Å². The van der Waals surface area contributed by atoms with Gasteiger partial charge in [-0.2, -0.15) is 14.9 Å². The van der Waals surface area contributed by atoms with Gasteiger partial charge in [0.05, 0.1) is 6.21 Å². The van der Waals surface area contributed by atoms with Gasteiger partial charge in [-0.05, 0) is 62.0 Å². The molecule has 0 aliphatic rings. The van der Waals surface area contributed by atoms with Crippen LogP contribution >= 0.6 is 23.8 Å². The van der Waals surface area contributed by atoms with Crippen molar-refractivity contribution in [1.82, 2.24) is 14.9 Å². The lowest BCUT2D eigenvalue weighted by Crippen LogP contribution is -1.94. The highest BCUT2D eigenvalue weighted by atomic mass is 35.5. The monoisotopic (exact) mass is 362 g/mol. The van der Waals surface area contributed by atoms with Gasteiger partial charge in [-0.15, -0.1) is 0 Å². The Morgan fingerprint density at radius 1 is 1.38 bits per heavy atom. The third-order valence-corrected chi connectivity index (χ3v) is 3.99. The van der Waals surface area contributed by atoms with E-state index in [1.165, 1.54) is 4.68 Å². The molecule has 0 spiro atoms. The van der Waals surface area contributed by atoms with Crippen LogP contribution in [0.5, 0.6) is 5.75 Å². The first-order valence-electron chi connectivity index (χ1n) is 7.19. The zero-order chi connectivity index (χ0) is 17.1. The molecule has 0 saturated heterocycles. The van der Waals surface area contributed by atoms with Crippen LogP contribution < -0.4 is 4.74 Å². The first-order valence-corrected chi connectivity index (χ1v) is 7.97. The molecule has 24 heavy (non-hydrogen) atoms. The number of hydrogen-bond acceptors (Lipinski definition) is 5. The van der Waals surface area contributed by atoms with Gasteiger partial charge >= 0.3 is 0 Å². The summed E-state index contributed by atoms with van der Waals surface area (Å²) < 4.78 is 13.3. The number of halogens is 1. The maximum Gasteiger partial charge on any atom is 0.216 e. The number of ether oxygens (including phenoxy) is 1. The Kier molecular flexibility index (Phi) is 4.82. The van der Waals surface area contributed by atoms with Crippen molar-refractivity contribution in [3.8, 4) is 5.75 Å². The number of H-pyrrole nitrogens is 1. The Labute approximate surface area is 148 Å². The largest absolute Gasteiger partial charge is 0.486 e. The molecular weight excluding hydrogens is 348 g/mol. The third kappa shape index (κ3) is 3.74. The molecule has 2 aromatic heterocycles. The number of aromatic nitrogens is 3. The summed E-state index contributed by atoms with van der Waals surface area (Å²) in [4.78, 5) is 0. The van der Waals surface area contributed by atoms with Crippen molar-refractivity contribution in [2.24, 2.45) is 5.10 Å². The molecule has 0 unspecified atom stereocenters. The number of hydrogen-bond donors (Lipinski definition) is 1. The predicted molar refractivity (Wildman–Crippen MR) is 94.4 cm³/mol. The lowest BCUT2D eigenvalue weighted by Gasteiger charge is -2.05. The molecule has 2 heterocycles. The van der Waals surface area contributed by atoms with Crippen molar-refractivity contribution in [2.75, 3.05) is 0 Å². The molecule has 1 N–H and O–H groups in total. The van der Waals surface area contributed by atoms with Crippen LogP contribution in [0.25, 0.3) is 0 Å². The predicted octanol–water partition coefficient (Wildman–Crippen LogP) is 4.27. The molecule has 1 aromatic carbocycles. The number of aromatic amines is 1. The first kappa shape index (κ1) is 16.5. The summed E-state index contributed by atoms with van der Waals surface area (Å²) in [5.74, 6) is 2.70. The molecule has 0 fully saturated rings. The second-order valence-corrected chi connectivity index (χ2v) is 5.93. The number of furan rings is 1. The second-order valence-electron chi connectivity index (χ2n) is 5.14. The van der Waals surface area contributed by atoms with Crippen LogP contribution in [0.1, 0.15) is 22.9 Å². The minimum atomic E-state index is 0.319.